The standard InChI is InChI=1S/C16H30N2O3/c1-3-9-17(10-4-2)11-5-6-15(19)18-12-7-14(8-13-18)16(20)21/h14H,3-13H2,1-2H3,(H,20,21). The predicted octanol–water partition coefficient (Wildman–Crippen LogP) is 2.21. The van der Waals surface area contributed by atoms with Crippen molar-refractivity contribution in [2.24, 2.45) is 5.92 Å². The first-order chi connectivity index (χ1) is 10.1. The maximum atomic E-state index is 12.1. The van der Waals surface area contributed by atoms with Gasteiger partial charge in [-0.25, -0.2) is 0 Å². The predicted molar refractivity (Wildman–Crippen MR) is 83.2 cm³/mol. The van der Waals surface area contributed by atoms with Gasteiger partial charge in [-0.15, -0.1) is 0 Å². The first-order valence-electron chi connectivity index (χ1n) is 8.31. The Labute approximate surface area is 128 Å². The van der Waals surface area contributed by atoms with Crippen LogP contribution in [0.5, 0.6) is 0 Å². The van der Waals surface area contributed by atoms with Crippen molar-refractivity contribution in [3.63, 3.8) is 0 Å². The van der Waals surface area contributed by atoms with Gasteiger partial charge in [-0.3, -0.25) is 9.59 Å². The molecule has 1 aliphatic rings. The fourth-order valence-corrected chi connectivity index (χ4v) is 2.96. The summed E-state index contributed by atoms with van der Waals surface area (Å²) in [5.41, 5.74) is 0. The van der Waals surface area contributed by atoms with Crippen LogP contribution in [0.1, 0.15) is 52.4 Å². The van der Waals surface area contributed by atoms with E-state index in [1.165, 1.54) is 0 Å². The highest BCUT2D eigenvalue weighted by Crippen LogP contribution is 2.18. The van der Waals surface area contributed by atoms with E-state index in [2.05, 4.69) is 18.7 Å². The highest BCUT2D eigenvalue weighted by molar-refractivity contribution is 5.77. The number of aliphatic carboxylic acids is 1. The monoisotopic (exact) mass is 298 g/mol. The molecule has 1 fully saturated rings. The second-order valence-corrected chi connectivity index (χ2v) is 5.94. The molecule has 122 valence electrons. The van der Waals surface area contributed by atoms with Crippen molar-refractivity contribution >= 4 is 11.9 Å². The highest BCUT2D eigenvalue weighted by Gasteiger charge is 2.26. The van der Waals surface area contributed by atoms with Crippen LogP contribution in [-0.2, 0) is 9.59 Å². The summed E-state index contributed by atoms with van der Waals surface area (Å²) in [6.45, 7) is 8.75. The molecule has 0 aromatic rings. The minimum Gasteiger partial charge on any atom is -0.481 e. The molecule has 21 heavy (non-hydrogen) atoms. The molecule has 1 N–H and O–H groups in total. The number of hydrogen-bond donors (Lipinski definition) is 1. The van der Waals surface area contributed by atoms with Crippen LogP contribution in [0.15, 0.2) is 0 Å². The van der Waals surface area contributed by atoms with Gasteiger partial charge in [0.15, 0.2) is 0 Å². The van der Waals surface area contributed by atoms with Gasteiger partial charge in [0.1, 0.15) is 0 Å². The molecule has 0 aromatic carbocycles. The summed E-state index contributed by atoms with van der Waals surface area (Å²) in [5.74, 6) is -0.803. The van der Waals surface area contributed by atoms with Crippen LogP contribution >= 0.6 is 0 Å². The number of piperidine rings is 1. The molecule has 0 saturated carbocycles. The van der Waals surface area contributed by atoms with E-state index in [1.807, 2.05) is 4.90 Å². The van der Waals surface area contributed by atoms with Crippen molar-refractivity contribution in [1.29, 1.82) is 0 Å². The Balaban J connectivity index is 2.23. The topological polar surface area (TPSA) is 60.9 Å². The number of carbonyl (C=O) groups is 2. The molecule has 1 saturated heterocycles. The Morgan fingerprint density at radius 2 is 1.67 bits per heavy atom. The molecule has 1 aliphatic heterocycles. The quantitative estimate of drug-likeness (QED) is 0.709. The van der Waals surface area contributed by atoms with Gasteiger partial charge in [-0.05, 0) is 51.7 Å². The van der Waals surface area contributed by atoms with Gasteiger partial charge >= 0.3 is 5.97 Å². The highest BCUT2D eigenvalue weighted by atomic mass is 16.4. The van der Waals surface area contributed by atoms with Crippen molar-refractivity contribution in [3.8, 4) is 0 Å². The number of carboxylic acid groups (broad SMARTS) is 1. The van der Waals surface area contributed by atoms with E-state index in [9.17, 15) is 9.59 Å². The summed E-state index contributed by atoms with van der Waals surface area (Å²) in [6, 6.07) is 0. The molecule has 0 spiro atoms. The zero-order chi connectivity index (χ0) is 15.7. The maximum Gasteiger partial charge on any atom is 0.306 e. The molecule has 0 aromatic heterocycles. The number of hydrogen-bond acceptors (Lipinski definition) is 3. The molecule has 0 unspecified atom stereocenters. The molecule has 1 heterocycles. The van der Waals surface area contributed by atoms with Gasteiger partial charge in [-0.2, -0.15) is 0 Å². The third-order valence-corrected chi connectivity index (χ3v) is 4.14. The van der Waals surface area contributed by atoms with E-state index in [4.69, 9.17) is 5.11 Å². The molecule has 0 atom stereocenters. The minimum atomic E-state index is -0.725. The summed E-state index contributed by atoms with van der Waals surface area (Å²) < 4.78 is 0. The van der Waals surface area contributed by atoms with Gasteiger partial charge in [-0.1, -0.05) is 13.8 Å². The van der Waals surface area contributed by atoms with Crippen molar-refractivity contribution in [3.05, 3.63) is 0 Å². The lowest BCUT2D eigenvalue weighted by Gasteiger charge is -2.30. The van der Waals surface area contributed by atoms with Crippen LogP contribution in [0.25, 0.3) is 0 Å². The largest absolute Gasteiger partial charge is 0.481 e. The first-order valence-corrected chi connectivity index (χ1v) is 8.31. The number of carbonyl (C=O) groups excluding carboxylic acids is 1. The summed E-state index contributed by atoms with van der Waals surface area (Å²) >= 11 is 0. The molecule has 1 rings (SSSR count). The van der Waals surface area contributed by atoms with Crippen LogP contribution < -0.4 is 0 Å². The van der Waals surface area contributed by atoms with E-state index in [0.29, 0.717) is 32.4 Å². The van der Waals surface area contributed by atoms with E-state index < -0.39 is 5.97 Å². The van der Waals surface area contributed by atoms with E-state index in [-0.39, 0.29) is 11.8 Å². The van der Waals surface area contributed by atoms with E-state index >= 15 is 0 Å². The fourth-order valence-electron chi connectivity index (χ4n) is 2.96. The lowest BCUT2D eigenvalue weighted by atomic mass is 9.97. The van der Waals surface area contributed by atoms with Crippen LogP contribution in [-0.4, -0.2) is 59.5 Å². The molecule has 1 amide bonds. The van der Waals surface area contributed by atoms with Crippen LogP contribution in [0.3, 0.4) is 0 Å². The average Bonchev–Trinajstić information content (AvgIpc) is 2.47. The smallest absolute Gasteiger partial charge is 0.306 e. The zero-order valence-electron chi connectivity index (χ0n) is 13.5. The SMILES string of the molecule is CCCN(CCC)CCCC(=O)N1CCC(C(=O)O)CC1. The molecule has 0 bridgehead atoms. The van der Waals surface area contributed by atoms with E-state index in [1.54, 1.807) is 0 Å². The van der Waals surface area contributed by atoms with E-state index in [0.717, 1.165) is 38.9 Å². The number of amides is 1. The summed E-state index contributed by atoms with van der Waals surface area (Å²) in [7, 11) is 0. The van der Waals surface area contributed by atoms with Crippen molar-refractivity contribution in [2.45, 2.75) is 52.4 Å². The lowest BCUT2D eigenvalue weighted by molar-refractivity contribution is -0.145. The van der Waals surface area contributed by atoms with Gasteiger partial charge in [0.05, 0.1) is 5.92 Å². The maximum absolute atomic E-state index is 12.1. The van der Waals surface area contributed by atoms with Crippen LogP contribution in [0, 0.1) is 5.92 Å². The summed E-state index contributed by atoms with van der Waals surface area (Å²) in [5, 5.41) is 8.96. The Kier molecular flexibility index (Phi) is 8.35. The average molecular weight is 298 g/mol. The normalized spacial score (nSPS) is 16.4. The van der Waals surface area contributed by atoms with Gasteiger partial charge in [0.25, 0.3) is 0 Å². The molecule has 5 nitrogen and oxygen atoms in total. The Hall–Kier alpha value is -1.10. The van der Waals surface area contributed by atoms with Gasteiger partial charge in [0, 0.05) is 19.5 Å². The minimum absolute atomic E-state index is 0.187. The molecule has 0 aliphatic carbocycles. The Morgan fingerprint density at radius 1 is 1.10 bits per heavy atom. The van der Waals surface area contributed by atoms with Gasteiger partial charge < -0.3 is 14.9 Å². The first kappa shape index (κ1) is 18.0. The number of carboxylic acids is 1. The second-order valence-electron chi connectivity index (χ2n) is 5.94. The van der Waals surface area contributed by atoms with Crippen molar-refractivity contribution < 1.29 is 14.7 Å². The molecular weight excluding hydrogens is 268 g/mol. The molecule has 0 radical (unpaired) electrons. The Bertz CT molecular complexity index is 319. The molecular formula is C16H30N2O3. The third kappa shape index (κ3) is 6.46. The van der Waals surface area contributed by atoms with Crippen molar-refractivity contribution in [2.75, 3.05) is 32.7 Å². The summed E-state index contributed by atoms with van der Waals surface area (Å²) in [4.78, 5) is 27.3. The number of likely N-dealkylation sites (tertiary alicyclic amines) is 1. The molecule has 5 heteroatoms. The fraction of sp³-hybridized carbons (Fsp3) is 0.875. The van der Waals surface area contributed by atoms with Crippen molar-refractivity contribution in [1.82, 2.24) is 9.80 Å². The number of nitrogens with zero attached hydrogens (tertiary/aromatic N) is 2. The summed E-state index contributed by atoms with van der Waals surface area (Å²) in [6.07, 6.45) is 4.98. The van der Waals surface area contributed by atoms with Gasteiger partial charge in [0.2, 0.25) is 5.91 Å². The Morgan fingerprint density at radius 3 is 2.14 bits per heavy atom. The zero-order valence-corrected chi connectivity index (χ0v) is 13.5. The van der Waals surface area contributed by atoms with Crippen LogP contribution in [0.4, 0.5) is 0 Å². The van der Waals surface area contributed by atoms with Crippen LogP contribution in [0.2, 0.25) is 0 Å². The third-order valence-electron chi connectivity index (χ3n) is 4.14. The number of rotatable bonds is 9. The second kappa shape index (κ2) is 9.77. The lowest BCUT2D eigenvalue weighted by Crippen LogP contribution is -2.40.